The van der Waals surface area contributed by atoms with E-state index in [1.807, 2.05) is 12.1 Å². The Morgan fingerprint density at radius 3 is 2.62 bits per heavy atom. The van der Waals surface area contributed by atoms with Gasteiger partial charge in [0.2, 0.25) is 0 Å². The molecule has 1 aromatic heterocycles. The quantitative estimate of drug-likeness (QED) is 0.667. The molecule has 0 amide bonds. The standard InChI is InChI=1S/C10H13N3/c1-10(2,3)7-5-4-6-8-9(7)12-13-11-8/h4-6H,1-3H3,(H,11,12,13). The molecule has 0 fully saturated rings. The lowest BCUT2D eigenvalue weighted by atomic mass is 9.86. The summed E-state index contributed by atoms with van der Waals surface area (Å²) in [5.74, 6) is 0. The first-order valence-corrected chi connectivity index (χ1v) is 4.39. The lowest BCUT2D eigenvalue weighted by Crippen LogP contribution is -2.11. The van der Waals surface area contributed by atoms with Gasteiger partial charge >= 0.3 is 0 Å². The van der Waals surface area contributed by atoms with Gasteiger partial charge in [-0.1, -0.05) is 32.9 Å². The molecular formula is C10H13N3. The van der Waals surface area contributed by atoms with Crippen LogP contribution in [0.2, 0.25) is 0 Å². The molecule has 0 aliphatic carbocycles. The molecular weight excluding hydrogens is 162 g/mol. The highest BCUT2D eigenvalue weighted by Crippen LogP contribution is 2.27. The van der Waals surface area contributed by atoms with Crippen LogP contribution in [0, 0.1) is 0 Å². The maximum absolute atomic E-state index is 4.15. The molecule has 0 bridgehead atoms. The van der Waals surface area contributed by atoms with E-state index in [0.717, 1.165) is 11.0 Å². The number of nitrogens with zero attached hydrogens (tertiary/aromatic N) is 2. The maximum atomic E-state index is 4.15. The lowest BCUT2D eigenvalue weighted by Gasteiger charge is -2.18. The number of aromatic amines is 1. The van der Waals surface area contributed by atoms with Gasteiger partial charge in [0.1, 0.15) is 11.0 Å². The van der Waals surface area contributed by atoms with Gasteiger partial charge in [0, 0.05) is 0 Å². The molecule has 0 spiro atoms. The highest BCUT2D eigenvalue weighted by atomic mass is 15.3. The van der Waals surface area contributed by atoms with Crippen molar-refractivity contribution in [3.63, 3.8) is 0 Å². The summed E-state index contributed by atoms with van der Waals surface area (Å²) in [7, 11) is 0. The Labute approximate surface area is 77.2 Å². The van der Waals surface area contributed by atoms with Gasteiger partial charge < -0.3 is 0 Å². The molecule has 13 heavy (non-hydrogen) atoms. The molecule has 1 N–H and O–H groups in total. The third-order valence-electron chi connectivity index (χ3n) is 2.15. The SMILES string of the molecule is CC(C)(C)c1cccc2n[nH]nc12. The minimum Gasteiger partial charge on any atom is -0.197 e. The molecule has 3 heteroatoms. The number of hydrogen-bond acceptors (Lipinski definition) is 2. The van der Waals surface area contributed by atoms with E-state index in [0.29, 0.717) is 0 Å². The summed E-state index contributed by atoms with van der Waals surface area (Å²) >= 11 is 0. The van der Waals surface area contributed by atoms with Gasteiger partial charge in [-0.25, -0.2) is 0 Å². The second-order valence-corrected chi connectivity index (χ2v) is 4.25. The van der Waals surface area contributed by atoms with Gasteiger partial charge in [0.15, 0.2) is 0 Å². The second-order valence-electron chi connectivity index (χ2n) is 4.25. The number of hydrogen-bond donors (Lipinski definition) is 1. The number of para-hydroxylation sites is 1. The van der Waals surface area contributed by atoms with Gasteiger partial charge in [-0.05, 0) is 17.0 Å². The Bertz CT molecular complexity index is 423. The van der Waals surface area contributed by atoms with Crippen LogP contribution in [0.3, 0.4) is 0 Å². The first kappa shape index (κ1) is 8.23. The highest BCUT2D eigenvalue weighted by Gasteiger charge is 2.17. The van der Waals surface area contributed by atoms with Crippen molar-refractivity contribution in [3.05, 3.63) is 23.8 Å². The smallest absolute Gasteiger partial charge is 0.116 e. The van der Waals surface area contributed by atoms with Crippen molar-refractivity contribution in [2.75, 3.05) is 0 Å². The van der Waals surface area contributed by atoms with Crippen molar-refractivity contribution in [2.45, 2.75) is 26.2 Å². The van der Waals surface area contributed by atoms with Crippen molar-refractivity contribution < 1.29 is 0 Å². The topological polar surface area (TPSA) is 41.6 Å². The molecule has 2 rings (SSSR count). The van der Waals surface area contributed by atoms with Crippen molar-refractivity contribution in [3.8, 4) is 0 Å². The van der Waals surface area contributed by atoms with Crippen LogP contribution < -0.4 is 0 Å². The molecule has 0 saturated heterocycles. The van der Waals surface area contributed by atoms with E-state index in [1.165, 1.54) is 5.56 Å². The van der Waals surface area contributed by atoms with Gasteiger partial charge in [-0.2, -0.15) is 15.4 Å². The monoisotopic (exact) mass is 175 g/mol. The minimum atomic E-state index is 0.121. The molecule has 0 unspecified atom stereocenters. The molecule has 1 heterocycles. The second kappa shape index (κ2) is 2.55. The Morgan fingerprint density at radius 2 is 1.92 bits per heavy atom. The molecule has 0 aliphatic rings. The lowest BCUT2D eigenvalue weighted by molar-refractivity contribution is 0.594. The molecule has 2 aromatic rings. The van der Waals surface area contributed by atoms with Crippen LogP contribution in [0.15, 0.2) is 18.2 Å². The minimum absolute atomic E-state index is 0.121. The third-order valence-corrected chi connectivity index (χ3v) is 2.15. The fourth-order valence-corrected chi connectivity index (χ4v) is 1.47. The molecule has 0 atom stereocenters. The summed E-state index contributed by atoms with van der Waals surface area (Å²) in [6, 6.07) is 6.09. The Kier molecular flexibility index (Phi) is 1.62. The van der Waals surface area contributed by atoms with E-state index >= 15 is 0 Å². The summed E-state index contributed by atoms with van der Waals surface area (Å²) in [5, 5.41) is 10.9. The van der Waals surface area contributed by atoms with E-state index in [-0.39, 0.29) is 5.41 Å². The third kappa shape index (κ3) is 1.30. The van der Waals surface area contributed by atoms with Crippen LogP contribution in [0.4, 0.5) is 0 Å². The van der Waals surface area contributed by atoms with Crippen molar-refractivity contribution in [1.82, 2.24) is 15.4 Å². The molecule has 0 aliphatic heterocycles. The number of fused-ring (bicyclic) bond motifs is 1. The van der Waals surface area contributed by atoms with E-state index in [2.05, 4.69) is 42.2 Å². The zero-order valence-corrected chi connectivity index (χ0v) is 8.13. The average molecular weight is 175 g/mol. The highest BCUT2D eigenvalue weighted by molar-refractivity contribution is 5.78. The van der Waals surface area contributed by atoms with Crippen molar-refractivity contribution in [1.29, 1.82) is 0 Å². The van der Waals surface area contributed by atoms with Crippen molar-refractivity contribution >= 4 is 11.0 Å². The fraction of sp³-hybridized carbons (Fsp3) is 0.400. The zero-order valence-electron chi connectivity index (χ0n) is 8.13. The summed E-state index contributed by atoms with van der Waals surface area (Å²) in [6.07, 6.45) is 0. The van der Waals surface area contributed by atoms with Gasteiger partial charge in [0.25, 0.3) is 0 Å². The van der Waals surface area contributed by atoms with Gasteiger partial charge in [-0.15, -0.1) is 0 Å². The number of benzene rings is 1. The fourth-order valence-electron chi connectivity index (χ4n) is 1.47. The first-order chi connectivity index (χ1) is 6.09. The first-order valence-electron chi connectivity index (χ1n) is 4.39. The molecule has 68 valence electrons. The Balaban J connectivity index is 2.75. The van der Waals surface area contributed by atoms with Gasteiger partial charge in [-0.3, -0.25) is 0 Å². The van der Waals surface area contributed by atoms with Crippen molar-refractivity contribution in [2.24, 2.45) is 0 Å². The Hall–Kier alpha value is -1.38. The van der Waals surface area contributed by atoms with E-state index < -0.39 is 0 Å². The number of aromatic nitrogens is 3. The predicted molar refractivity (Wildman–Crippen MR) is 52.6 cm³/mol. The van der Waals surface area contributed by atoms with Crippen LogP contribution >= 0.6 is 0 Å². The van der Waals surface area contributed by atoms with Crippen LogP contribution in [-0.4, -0.2) is 15.4 Å². The molecule has 0 saturated carbocycles. The zero-order chi connectivity index (χ0) is 9.47. The number of rotatable bonds is 0. The normalized spacial score (nSPS) is 12.2. The van der Waals surface area contributed by atoms with Crippen LogP contribution in [0.25, 0.3) is 11.0 Å². The molecule has 1 aromatic carbocycles. The number of nitrogens with one attached hydrogen (secondary N) is 1. The molecule has 3 nitrogen and oxygen atoms in total. The summed E-state index contributed by atoms with van der Waals surface area (Å²) < 4.78 is 0. The predicted octanol–water partition coefficient (Wildman–Crippen LogP) is 2.26. The summed E-state index contributed by atoms with van der Waals surface area (Å²) in [5.41, 5.74) is 3.28. The van der Waals surface area contributed by atoms with E-state index in [9.17, 15) is 0 Å². The number of H-pyrrole nitrogens is 1. The van der Waals surface area contributed by atoms with Gasteiger partial charge in [0.05, 0.1) is 0 Å². The van der Waals surface area contributed by atoms with Crippen LogP contribution in [-0.2, 0) is 5.41 Å². The van der Waals surface area contributed by atoms with E-state index in [4.69, 9.17) is 0 Å². The Morgan fingerprint density at radius 1 is 1.15 bits per heavy atom. The average Bonchev–Trinajstić information content (AvgIpc) is 2.48. The van der Waals surface area contributed by atoms with Crippen LogP contribution in [0.5, 0.6) is 0 Å². The van der Waals surface area contributed by atoms with E-state index in [1.54, 1.807) is 0 Å². The largest absolute Gasteiger partial charge is 0.197 e. The summed E-state index contributed by atoms with van der Waals surface area (Å²) in [4.78, 5) is 0. The summed E-state index contributed by atoms with van der Waals surface area (Å²) in [6.45, 7) is 6.53. The molecule has 0 radical (unpaired) electrons. The maximum Gasteiger partial charge on any atom is 0.116 e. The van der Waals surface area contributed by atoms with Crippen LogP contribution in [0.1, 0.15) is 26.3 Å².